The molecule has 0 saturated carbocycles. The first-order chi connectivity index (χ1) is 8.16. The Bertz CT molecular complexity index is 545. The van der Waals surface area contributed by atoms with Crippen LogP contribution in [0.3, 0.4) is 0 Å². The molecule has 17 heavy (non-hydrogen) atoms. The van der Waals surface area contributed by atoms with Crippen molar-refractivity contribution in [1.82, 2.24) is 9.38 Å². The standard InChI is InChI=1S/C12H16N2OS2/c1-9(2)3-5-16-8-10-7-11(15)14-4-6-17-12(14)13-10/h4,6-7,9H,3,5,8H2,1-2H3. The van der Waals surface area contributed by atoms with Crippen LogP contribution < -0.4 is 5.56 Å². The highest BCUT2D eigenvalue weighted by atomic mass is 32.2. The fraction of sp³-hybridized carbons (Fsp3) is 0.500. The maximum absolute atomic E-state index is 11.7. The fourth-order valence-corrected chi connectivity index (χ4v) is 3.34. The molecule has 3 nitrogen and oxygen atoms in total. The Labute approximate surface area is 109 Å². The van der Waals surface area contributed by atoms with E-state index in [1.807, 2.05) is 17.1 Å². The Hall–Kier alpha value is -0.810. The second-order valence-corrected chi connectivity index (χ2v) is 6.35. The number of nitrogens with zero attached hydrogens (tertiary/aromatic N) is 2. The van der Waals surface area contributed by atoms with E-state index < -0.39 is 0 Å². The van der Waals surface area contributed by atoms with Crippen molar-refractivity contribution in [3.8, 4) is 0 Å². The molecule has 0 unspecified atom stereocenters. The largest absolute Gasteiger partial charge is 0.269 e. The van der Waals surface area contributed by atoms with E-state index in [0.717, 1.165) is 28.1 Å². The van der Waals surface area contributed by atoms with E-state index in [2.05, 4.69) is 18.8 Å². The van der Waals surface area contributed by atoms with E-state index in [-0.39, 0.29) is 5.56 Å². The summed E-state index contributed by atoms with van der Waals surface area (Å²) in [5, 5.41) is 1.89. The first-order valence-electron chi connectivity index (χ1n) is 5.70. The van der Waals surface area contributed by atoms with Gasteiger partial charge in [0.25, 0.3) is 5.56 Å². The molecule has 0 N–H and O–H groups in total. The van der Waals surface area contributed by atoms with Crippen molar-refractivity contribution in [2.75, 3.05) is 5.75 Å². The highest BCUT2D eigenvalue weighted by Gasteiger charge is 2.03. The third kappa shape index (κ3) is 3.33. The highest BCUT2D eigenvalue weighted by molar-refractivity contribution is 7.98. The number of thiazole rings is 1. The Kier molecular flexibility index (Phi) is 4.23. The van der Waals surface area contributed by atoms with Crippen LogP contribution in [0.5, 0.6) is 0 Å². The van der Waals surface area contributed by atoms with E-state index in [4.69, 9.17) is 0 Å². The summed E-state index contributed by atoms with van der Waals surface area (Å²) in [6, 6.07) is 1.64. The van der Waals surface area contributed by atoms with Crippen molar-refractivity contribution >= 4 is 28.1 Å². The molecular formula is C12H16N2OS2. The zero-order chi connectivity index (χ0) is 12.3. The fourth-order valence-electron chi connectivity index (χ4n) is 1.46. The predicted molar refractivity (Wildman–Crippen MR) is 75.0 cm³/mol. The van der Waals surface area contributed by atoms with Gasteiger partial charge in [0.2, 0.25) is 0 Å². The molecule has 0 spiro atoms. The van der Waals surface area contributed by atoms with E-state index in [1.165, 1.54) is 17.8 Å². The molecular weight excluding hydrogens is 252 g/mol. The molecule has 2 heterocycles. The van der Waals surface area contributed by atoms with Gasteiger partial charge in [-0.3, -0.25) is 9.20 Å². The smallest absolute Gasteiger partial charge is 0.258 e. The van der Waals surface area contributed by atoms with Gasteiger partial charge in [0.05, 0.1) is 5.69 Å². The van der Waals surface area contributed by atoms with E-state index in [9.17, 15) is 4.79 Å². The summed E-state index contributed by atoms with van der Waals surface area (Å²) in [7, 11) is 0. The van der Waals surface area contributed by atoms with Crippen molar-refractivity contribution in [2.45, 2.75) is 26.0 Å². The van der Waals surface area contributed by atoms with Gasteiger partial charge in [-0.1, -0.05) is 13.8 Å². The van der Waals surface area contributed by atoms with Gasteiger partial charge in [0, 0.05) is 23.4 Å². The van der Waals surface area contributed by atoms with Crippen molar-refractivity contribution in [1.29, 1.82) is 0 Å². The predicted octanol–water partition coefficient (Wildman–Crippen LogP) is 3.04. The molecule has 5 heteroatoms. The minimum absolute atomic E-state index is 0.0238. The van der Waals surface area contributed by atoms with Crippen LogP contribution in [0.1, 0.15) is 26.0 Å². The van der Waals surface area contributed by atoms with Gasteiger partial charge in [-0.2, -0.15) is 11.8 Å². The first kappa shape index (κ1) is 12.6. The second kappa shape index (κ2) is 5.69. The lowest BCUT2D eigenvalue weighted by molar-refractivity contribution is 0.632. The van der Waals surface area contributed by atoms with Crippen LogP contribution in [-0.2, 0) is 5.75 Å². The summed E-state index contributed by atoms with van der Waals surface area (Å²) in [5.41, 5.74) is 0.918. The van der Waals surface area contributed by atoms with E-state index in [0.29, 0.717) is 0 Å². The van der Waals surface area contributed by atoms with Crippen LogP contribution in [0.25, 0.3) is 4.96 Å². The maximum atomic E-state index is 11.7. The van der Waals surface area contributed by atoms with Crippen LogP contribution in [0, 0.1) is 5.92 Å². The molecule has 0 bridgehead atoms. The molecule has 0 atom stereocenters. The summed E-state index contributed by atoms with van der Waals surface area (Å²) < 4.78 is 1.59. The lowest BCUT2D eigenvalue weighted by Gasteiger charge is -2.04. The third-order valence-corrected chi connectivity index (χ3v) is 4.23. The van der Waals surface area contributed by atoms with Gasteiger partial charge in [0.15, 0.2) is 4.96 Å². The number of hydrogen-bond donors (Lipinski definition) is 0. The zero-order valence-electron chi connectivity index (χ0n) is 10.0. The molecule has 0 aliphatic heterocycles. The Balaban J connectivity index is 2.01. The molecule has 0 aliphatic carbocycles. The van der Waals surface area contributed by atoms with Crippen molar-refractivity contribution < 1.29 is 0 Å². The molecule has 2 aromatic heterocycles. The third-order valence-electron chi connectivity index (χ3n) is 2.45. The number of rotatable bonds is 5. The summed E-state index contributed by atoms with van der Waals surface area (Å²) in [6.45, 7) is 4.45. The summed E-state index contributed by atoms with van der Waals surface area (Å²) >= 11 is 3.35. The summed E-state index contributed by atoms with van der Waals surface area (Å²) in [4.78, 5) is 17.0. The minimum Gasteiger partial charge on any atom is -0.269 e. The van der Waals surface area contributed by atoms with Crippen molar-refractivity contribution in [2.24, 2.45) is 5.92 Å². The second-order valence-electron chi connectivity index (χ2n) is 4.38. The van der Waals surface area contributed by atoms with Crippen molar-refractivity contribution in [3.63, 3.8) is 0 Å². The molecule has 0 aromatic carbocycles. The topological polar surface area (TPSA) is 34.4 Å². The van der Waals surface area contributed by atoms with Crippen molar-refractivity contribution in [3.05, 3.63) is 33.7 Å². The Morgan fingerprint density at radius 1 is 1.53 bits per heavy atom. The average Bonchev–Trinajstić information content (AvgIpc) is 2.72. The number of aromatic nitrogens is 2. The van der Waals surface area contributed by atoms with Gasteiger partial charge < -0.3 is 0 Å². The van der Waals surface area contributed by atoms with Crippen LogP contribution in [-0.4, -0.2) is 15.1 Å². The maximum Gasteiger partial charge on any atom is 0.258 e. The molecule has 0 fully saturated rings. The number of thioether (sulfide) groups is 1. The molecule has 0 amide bonds. The lowest BCUT2D eigenvalue weighted by atomic mass is 10.2. The monoisotopic (exact) mass is 268 g/mol. The number of hydrogen-bond acceptors (Lipinski definition) is 4. The molecule has 0 radical (unpaired) electrons. The SMILES string of the molecule is CC(C)CCSCc1cc(=O)n2ccsc2n1. The average molecular weight is 268 g/mol. The van der Waals surface area contributed by atoms with E-state index >= 15 is 0 Å². The lowest BCUT2D eigenvalue weighted by Crippen LogP contribution is -2.12. The van der Waals surface area contributed by atoms with Gasteiger partial charge in [-0.15, -0.1) is 11.3 Å². The molecule has 2 aromatic rings. The first-order valence-corrected chi connectivity index (χ1v) is 7.74. The van der Waals surface area contributed by atoms with Crippen LogP contribution in [0.2, 0.25) is 0 Å². The van der Waals surface area contributed by atoms with Crippen LogP contribution in [0.15, 0.2) is 22.4 Å². The van der Waals surface area contributed by atoms with Gasteiger partial charge >= 0.3 is 0 Å². The van der Waals surface area contributed by atoms with Gasteiger partial charge in [-0.25, -0.2) is 4.98 Å². The normalized spacial score (nSPS) is 11.5. The molecule has 0 aliphatic rings. The molecule has 92 valence electrons. The molecule has 2 rings (SSSR count). The Morgan fingerprint density at radius 3 is 3.12 bits per heavy atom. The van der Waals surface area contributed by atoms with Gasteiger partial charge in [0.1, 0.15) is 0 Å². The zero-order valence-corrected chi connectivity index (χ0v) is 11.7. The highest BCUT2D eigenvalue weighted by Crippen LogP contribution is 2.15. The van der Waals surface area contributed by atoms with Crippen LogP contribution in [0.4, 0.5) is 0 Å². The summed E-state index contributed by atoms with van der Waals surface area (Å²) in [5.74, 6) is 2.69. The minimum atomic E-state index is 0.0238. The quantitative estimate of drug-likeness (QED) is 0.782. The molecule has 0 saturated heterocycles. The van der Waals surface area contributed by atoms with Crippen LogP contribution >= 0.6 is 23.1 Å². The van der Waals surface area contributed by atoms with E-state index in [1.54, 1.807) is 16.7 Å². The Morgan fingerprint density at radius 2 is 2.35 bits per heavy atom. The number of fused-ring (bicyclic) bond motifs is 1. The summed E-state index contributed by atoms with van der Waals surface area (Å²) in [6.07, 6.45) is 2.98. The van der Waals surface area contributed by atoms with Gasteiger partial charge in [-0.05, 0) is 18.1 Å².